The van der Waals surface area contributed by atoms with E-state index in [0.29, 0.717) is 0 Å². The number of aliphatic hydroxyl groups excluding tert-OH is 4. The summed E-state index contributed by atoms with van der Waals surface area (Å²) in [5.74, 6) is -2.98. The minimum Gasteiger partial charge on any atom is -0.481 e. The van der Waals surface area contributed by atoms with Gasteiger partial charge in [-0.2, -0.15) is 0 Å². The molecule has 116 valence electrons. The fourth-order valence-corrected chi connectivity index (χ4v) is 1.36. The summed E-state index contributed by atoms with van der Waals surface area (Å²) in [6.07, 6.45) is -6.96. The van der Waals surface area contributed by atoms with Crippen LogP contribution in [-0.4, -0.2) is 74.0 Å². The van der Waals surface area contributed by atoms with Crippen molar-refractivity contribution < 1.29 is 39.9 Å². The maximum atomic E-state index is 11.5. The molecule has 9 nitrogen and oxygen atoms in total. The Morgan fingerprint density at radius 1 is 1.05 bits per heavy atom. The lowest BCUT2D eigenvalue weighted by Crippen LogP contribution is -2.45. The largest absolute Gasteiger partial charge is 0.481 e. The highest BCUT2D eigenvalue weighted by atomic mass is 16.4. The van der Waals surface area contributed by atoms with Crippen molar-refractivity contribution in [1.29, 1.82) is 0 Å². The summed E-state index contributed by atoms with van der Waals surface area (Å²) in [5, 5.41) is 44.7. The van der Waals surface area contributed by atoms with Crippen molar-refractivity contribution in [3.05, 3.63) is 0 Å². The van der Waals surface area contributed by atoms with Crippen molar-refractivity contribution in [2.24, 2.45) is 5.73 Å². The van der Waals surface area contributed by atoms with Gasteiger partial charge >= 0.3 is 5.97 Å². The van der Waals surface area contributed by atoms with Gasteiger partial charge in [-0.05, 0) is 6.42 Å². The number of aliphatic carboxylic acids is 1. The van der Waals surface area contributed by atoms with Crippen LogP contribution in [0.3, 0.4) is 0 Å². The molecular weight excluding hydrogens is 274 g/mol. The highest BCUT2D eigenvalue weighted by Crippen LogP contribution is 2.06. The third kappa shape index (κ3) is 6.17. The molecule has 0 amide bonds. The van der Waals surface area contributed by atoms with Crippen LogP contribution in [0.5, 0.6) is 0 Å². The molecule has 0 fully saturated rings. The van der Waals surface area contributed by atoms with E-state index in [9.17, 15) is 24.6 Å². The number of carboxylic acids is 1. The summed E-state index contributed by atoms with van der Waals surface area (Å²) in [6, 6.07) is -1.16. The molecular formula is C11H19NO8. The molecule has 4 atom stereocenters. The van der Waals surface area contributed by atoms with Gasteiger partial charge in [0.25, 0.3) is 0 Å². The van der Waals surface area contributed by atoms with E-state index in [2.05, 4.69) is 0 Å². The highest BCUT2D eigenvalue weighted by Gasteiger charge is 2.31. The lowest BCUT2D eigenvalue weighted by molar-refractivity contribution is -0.142. The third-order valence-corrected chi connectivity index (χ3v) is 2.67. The number of carbonyl (C=O) groups excluding carboxylic acids is 2. The van der Waals surface area contributed by atoms with Crippen molar-refractivity contribution >= 4 is 17.5 Å². The molecule has 9 heteroatoms. The van der Waals surface area contributed by atoms with Crippen molar-refractivity contribution in [2.45, 2.75) is 43.6 Å². The zero-order valence-corrected chi connectivity index (χ0v) is 10.7. The van der Waals surface area contributed by atoms with Crippen LogP contribution < -0.4 is 5.73 Å². The summed E-state index contributed by atoms with van der Waals surface area (Å²) in [4.78, 5) is 33.2. The number of carbonyl (C=O) groups is 3. The van der Waals surface area contributed by atoms with Crippen LogP contribution in [0.2, 0.25) is 0 Å². The van der Waals surface area contributed by atoms with E-state index < -0.39 is 54.9 Å². The van der Waals surface area contributed by atoms with Gasteiger partial charge in [0.2, 0.25) is 0 Å². The Kier molecular flexibility index (Phi) is 8.11. The maximum Gasteiger partial charge on any atom is 0.303 e. The number of carboxylic acid groups (broad SMARTS) is 1. The molecule has 0 aromatic carbocycles. The molecule has 0 aliphatic carbocycles. The van der Waals surface area contributed by atoms with Gasteiger partial charge in [-0.1, -0.05) is 0 Å². The van der Waals surface area contributed by atoms with E-state index >= 15 is 0 Å². The van der Waals surface area contributed by atoms with Crippen LogP contribution >= 0.6 is 0 Å². The molecule has 7 N–H and O–H groups in total. The van der Waals surface area contributed by atoms with E-state index in [1.165, 1.54) is 0 Å². The van der Waals surface area contributed by atoms with Gasteiger partial charge in [-0.25, -0.2) is 0 Å². The van der Waals surface area contributed by atoms with Crippen molar-refractivity contribution in [2.75, 3.05) is 6.61 Å². The molecule has 0 bridgehead atoms. The van der Waals surface area contributed by atoms with Crippen molar-refractivity contribution in [1.82, 2.24) is 0 Å². The number of nitrogens with two attached hydrogens (primary N) is 1. The van der Waals surface area contributed by atoms with Gasteiger partial charge in [-0.3, -0.25) is 14.4 Å². The molecule has 0 saturated heterocycles. The van der Waals surface area contributed by atoms with Crippen LogP contribution in [0.15, 0.2) is 0 Å². The first-order chi connectivity index (χ1) is 9.20. The third-order valence-electron chi connectivity index (χ3n) is 2.67. The molecule has 20 heavy (non-hydrogen) atoms. The van der Waals surface area contributed by atoms with Crippen LogP contribution in [0.1, 0.15) is 19.3 Å². The second-order valence-electron chi connectivity index (χ2n) is 4.33. The molecule has 0 aliphatic rings. The smallest absolute Gasteiger partial charge is 0.303 e. The maximum absolute atomic E-state index is 11.5. The number of hydrogen-bond acceptors (Lipinski definition) is 8. The van der Waals surface area contributed by atoms with E-state index in [-0.39, 0.29) is 12.8 Å². The van der Waals surface area contributed by atoms with E-state index in [1.807, 2.05) is 0 Å². The standard InChI is InChI=1S/C11H19NO8/c12-5(1-2-9(17)18)6(14)3-7(15)10(19)11(20)8(16)4-13/h5,8,10-11,13,16,19-20H,1-4,12H2,(H,17,18)/t5-,8+,10+,11+/m0/s1. The van der Waals surface area contributed by atoms with E-state index in [0.717, 1.165) is 0 Å². The first kappa shape index (κ1) is 18.6. The lowest BCUT2D eigenvalue weighted by atomic mass is 9.97. The normalized spacial score (nSPS) is 17.1. The minimum absolute atomic E-state index is 0.153. The Morgan fingerprint density at radius 3 is 2.05 bits per heavy atom. The highest BCUT2D eigenvalue weighted by molar-refractivity contribution is 6.03. The molecule has 0 aliphatic heterocycles. The first-order valence-corrected chi connectivity index (χ1v) is 5.88. The molecule has 0 heterocycles. The van der Waals surface area contributed by atoms with Gasteiger partial charge in [0.1, 0.15) is 18.3 Å². The van der Waals surface area contributed by atoms with Gasteiger partial charge in [0.05, 0.1) is 19.1 Å². The molecule has 0 aromatic rings. The Morgan fingerprint density at radius 2 is 1.60 bits per heavy atom. The quantitative estimate of drug-likeness (QED) is 0.226. The molecule has 0 spiro atoms. The fourth-order valence-electron chi connectivity index (χ4n) is 1.36. The zero-order chi connectivity index (χ0) is 15.9. The van der Waals surface area contributed by atoms with Crippen LogP contribution in [0, 0.1) is 0 Å². The second kappa shape index (κ2) is 8.72. The number of ketones is 2. The Hall–Kier alpha value is -1.39. The number of Topliss-reactive ketones (excluding diaryl/α,β-unsaturated/α-hetero) is 2. The van der Waals surface area contributed by atoms with Crippen molar-refractivity contribution in [3.63, 3.8) is 0 Å². The first-order valence-electron chi connectivity index (χ1n) is 5.88. The van der Waals surface area contributed by atoms with Crippen LogP contribution in [0.25, 0.3) is 0 Å². The van der Waals surface area contributed by atoms with Gasteiger partial charge in [0, 0.05) is 6.42 Å². The average molecular weight is 293 g/mol. The Balaban J connectivity index is 4.37. The monoisotopic (exact) mass is 293 g/mol. The van der Waals surface area contributed by atoms with E-state index in [1.54, 1.807) is 0 Å². The Labute approximate surface area is 114 Å². The second-order valence-corrected chi connectivity index (χ2v) is 4.33. The average Bonchev–Trinajstić information content (AvgIpc) is 2.41. The Bertz CT molecular complexity index is 358. The summed E-state index contributed by atoms with van der Waals surface area (Å²) in [5.41, 5.74) is 5.38. The number of rotatable bonds is 10. The molecule has 0 rings (SSSR count). The van der Waals surface area contributed by atoms with Gasteiger partial charge in [0.15, 0.2) is 11.6 Å². The van der Waals surface area contributed by atoms with Crippen molar-refractivity contribution in [3.8, 4) is 0 Å². The number of aliphatic hydroxyl groups is 4. The van der Waals surface area contributed by atoms with Gasteiger partial charge < -0.3 is 31.3 Å². The molecule has 0 radical (unpaired) electrons. The molecule has 0 unspecified atom stereocenters. The van der Waals surface area contributed by atoms with Gasteiger partial charge in [-0.15, -0.1) is 0 Å². The predicted molar refractivity (Wildman–Crippen MR) is 64.6 cm³/mol. The van der Waals surface area contributed by atoms with E-state index in [4.69, 9.17) is 21.1 Å². The SMILES string of the molecule is N[C@@H](CCC(=O)O)C(=O)CC(=O)[C@@H](O)[C@H](O)[C@H](O)CO. The summed E-state index contributed by atoms with van der Waals surface area (Å²) < 4.78 is 0. The zero-order valence-electron chi connectivity index (χ0n) is 10.7. The molecule has 0 saturated carbocycles. The topological polar surface area (TPSA) is 178 Å². The number of hydrogen-bond donors (Lipinski definition) is 6. The summed E-state index contributed by atoms with van der Waals surface area (Å²) in [7, 11) is 0. The van der Waals surface area contributed by atoms with Crippen LogP contribution in [0.4, 0.5) is 0 Å². The summed E-state index contributed by atoms with van der Waals surface area (Å²) >= 11 is 0. The molecule has 0 aromatic heterocycles. The summed E-state index contributed by atoms with van der Waals surface area (Å²) in [6.45, 7) is -0.864. The minimum atomic E-state index is -2.03. The predicted octanol–water partition coefficient (Wildman–Crippen LogP) is -3.22. The lowest BCUT2D eigenvalue weighted by Gasteiger charge is -2.20. The fraction of sp³-hybridized carbons (Fsp3) is 0.727. The van der Waals surface area contributed by atoms with Crippen LogP contribution in [-0.2, 0) is 14.4 Å².